The number of carboxylic acids is 1. The lowest BCUT2D eigenvalue weighted by Crippen LogP contribution is -2.51. The van der Waals surface area contributed by atoms with Crippen molar-refractivity contribution in [2.24, 2.45) is 5.92 Å². The van der Waals surface area contributed by atoms with E-state index in [2.05, 4.69) is 5.32 Å². The second kappa shape index (κ2) is 5.48. The molecule has 1 saturated carbocycles. The zero-order valence-electron chi connectivity index (χ0n) is 11.5. The van der Waals surface area contributed by atoms with Gasteiger partial charge in [0.25, 0.3) is 0 Å². The molecule has 7 heteroatoms. The molecule has 1 amide bonds. The summed E-state index contributed by atoms with van der Waals surface area (Å²) >= 11 is 0. The lowest BCUT2D eigenvalue weighted by molar-refractivity contribution is -0.142. The van der Waals surface area contributed by atoms with Crippen LogP contribution in [0, 0.1) is 5.92 Å². The molecule has 0 radical (unpaired) electrons. The number of nitrogens with one attached hydrogen (secondary N) is 1. The van der Waals surface area contributed by atoms with Gasteiger partial charge in [-0.15, -0.1) is 0 Å². The average Bonchev–Trinajstić information content (AvgIpc) is 2.28. The first kappa shape index (κ1) is 15.9. The number of carbonyl (C=O) groups excluding carboxylic acids is 1. The maximum atomic E-state index is 12.0. The lowest BCUT2D eigenvalue weighted by Gasteiger charge is -2.30. The van der Waals surface area contributed by atoms with Crippen LogP contribution in [0.2, 0.25) is 0 Å². The van der Waals surface area contributed by atoms with Gasteiger partial charge in [-0.3, -0.25) is 9.59 Å². The first-order valence-electron chi connectivity index (χ1n) is 6.29. The van der Waals surface area contributed by atoms with Crippen LogP contribution >= 0.6 is 0 Å². The van der Waals surface area contributed by atoms with Gasteiger partial charge in [-0.1, -0.05) is 0 Å². The lowest BCUT2D eigenvalue weighted by atomic mass is 9.86. The van der Waals surface area contributed by atoms with Crippen LogP contribution in [0.5, 0.6) is 0 Å². The van der Waals surface area contributed by atoms with E-state index in [0.717, 1.165) is 6.26 Å². The largest absolute Gasteiger partial charge is 0.481 e. The van der Waals surface area contributed by atoms with E-state index in [4.69, 9.17) is 5.11 Å². The topological polar surface area (TPSA) is 101 Å². The molecule has 1 fully saturated rings. The molecule has 0 saturated heterocycles. The highest BCUT2D eigenvalue weighted by Gasteiger charge is 2.39. The molecule has 1 aliphatic rings. The van der Waals surface area contributed by atoms with Gasteiger partial charge >= 0.3 is 5.97 Å². The normalized spacial score (nSPS) is 24.8. The highest BCUT2D eigenvalue weighted by atomic mass is 32.2. The monoisotopic (exact) mass is 291 g/mol. The van der Waals surface area contributed by atoms with Gasteiger partial charge in [0.15, 0.2) is 9.84 Å². The van der Waals surface area contributed by atoms with Crippen molar-refractivity contribution in [3.8, 4) is 0 Å². The maximum Gasteiger partial charge on any atom is 0.306 e. The van der Waals surface area contributed by atoms with Crippen molar-refractivity contribution in [3.63, 3.8) is 0 Å². The van der Waals surface area contributed by atoms with Crippen molar-refractivity contribution in [3.05, 3.63) is 0 Å². The van der Waals surface area contributed by atoms with Crippen molar-refractivity contribution >= 4 is 21.7 Å². The quantitative estimate of drug-likeness (QED) is 0.788. The van der Waals surface area contributed by atoms with Crippen LogP contribution in [0.1, 0.15) is 39.5 Å². The van der Waals surface area contributed by atoms with Crippen LogP contribution in [0.25, 0.3) is 0 Å². The Morgan fingerprint density at radius 1 is 1.16 bits per heavy atom. The van der Waals surface area contributed by atoms with Crippen LogP contribution in [-0.2, 0) is 19.4 Å². The molecule has 110 valence electrons. The summed E-state index contributed by atoms with van der Waals surface area (Å²) in [5.74, 6) is -1.67. The van der Waals surface area contributed by atoms with E-state index in [-0.39, 0.29) is 12.0 Å². The number of aliphatic carboxylic acids is 1. The van der Waals surface area contributed by atoms with E-state index in [1.54, 1.807) is 0 Å². The molecule has 0 unspecified atom stereocenters. The summed E-state index contributed by atoms with van der Waals surface area (Å²) in [5.41, 5.74) is 0. The Morgan fingerprint density at radius 2 is 1.63 bits per heavy atom. The Bertz CT molecular complexity index is 461. The highest BCUT2D eigenvalue weighted by Crippen LogP contribution is 2.25. The van der Waals surface area contributed by atoms with E-state index in [1.165, 1.54) is 13.8 Å². The van der Waals surface area contributed by atoms with E-state index in [9.17, 15) is 18.0 Å². The number of carbonyl (C=O) groups is 2. The molecule has 0 spiro atoms. The number of hydrogen-bond donors (Lipinski definition) is 2. The Balaban J connectivity index is 2.59. The fraction of sp³-hybridized carbons (Fsp3) is 0.833. The molecule has 0 aliphatic heterocycles. The Labute approximate surface area is 113 Å². The number of amides is 1. The van der Waals surface area contributed by atoms with E-state index < -0.39 is 26.5 Å². The summed E-state index contributed by atoms with van der Waals surface area (Å²) < 4.78 is 21.6. The molecule has 1 aliphatic carbocycles. The van der Waals surface area contributed by atoms with E-state index in [1.807, 2.05) is 0 Å². The predicted octanol–water partition coefficient (Wildman–Crippen LogP) is 0.569. The summed E-state index contributed by atoms with van der Waals surface area (Å²) in [7, 11) is -3.48. The summed E-state index contributed by atoms with van der Waals surface area (Å²) in [5, 5.41) is 11.6. The van der Waals surface area contributed by atoms with Gasteiger partial charge in [-0.25, -0.2) is 8.42 Å². The maximum absolute atomic E-state index is 12.0. The summed E-state index contributed by atoms with van der Waals surface area (Å²) in [6.45, 7) is 2.75. The van der Waals surface area contributed by atoms with Crippen molar-refractivity contribution in [1.82, 2.24) is 5.32 Å². The predicted molar refractivity (Wildman–Crippen MR) is 70.4 cm³/mol. The minimum atomic E-state index is -3.48. The first-order chi connectivity index (χ1) is 8.55. The summed E-state index contributed by atoms with van der Waals surface area (Å²) in [4.78, 5) is 22.8. The summed E-state index contributed by atoms with van der Waals surface area (Å²) in [6, 6.07) is -0.135. The molecule has 6 nitrogen and oxygen atoms in total. The molecule has 0 atom stereocenters. The van der Waals surface area contributed by atoms with Crippen LogP contribution in [0.4, 0.5) is 0 Å². The summed E-state index contributed by atoms with van der Waals surface area (Å²) in [6.07, 6.45) is 3.21. The zero-order valence-corrected chi connectivity index (χ0v) is 12.3. The van der Waals surface area contributed by atoms with Crippen molar-refractivity contribution in [2.45, 2.75) is 50.3 Å². The number of hydrogen-bond acceptors (Lipinski definition) is 4. The molecule has 0 aromatic rings. The van der Waals surface area contributed by atoms with Gasteiger partial charge in [0.05, 0.1) is 5.92 Å². The van der Waals surface area contributed by atoms with Gasteiger partial charge < -0.3 is 10.4 Å². The van der Waals surface area contributed by atoms with Crippen molar-refractivity contribution in [1.29, 1.82) is 0 Å². The van der Waals surface area contributed by atoms with Gasteiger partial charge in [0.2, 0.25) is 5.91 Å². The fourth-order valence-electron chi connectivity index (χ4n) is 2.01. The number of sulfone groups is 1. The fourth-order valence-corrected chi connectivity index (χ4v) is 2.41. The molecule has 0 bridgehead atoms. The van der Waals surface area contributed by atoms with Crippen LogP contribution in [0.3, 0.4) is 0 Å². The SMILES string of the molecule is CC(C)(C(=O)NC1CCC(C(=O)O)CC1)S(C)(=O)=O. The average molecular weight is 291 g/mol. The molecular formula is C12H21NO5S. The minimum Gasteiger partial charge on any atom is -0.481 e. The molecule has 19 heavy (non-hydrogen) atoms. The minimum absolute atomic E-state index is 0.135. The molecular weight excluding hydrogens is 270 g/mol. The molecule has 0 aromatic carbocycles. The van der Waals surface area contributed by atoms with Crippen LogP contribution < -0.4 is 5.32 Å². The van der Waals surface area contributed by atoms with E-state index in [0.29, 0.717) is 25.7 Å². The van der Waals surface area contributed by atoms with Crippen LogP contribution in [0.15, 0.2) is 0 Å². The van der Waals surface area contributed by atoms with E-state index >= 15 is 0 Å². The van der Waals surface area contributed by atoms with Gasteiger partial charge in [-0.05, 0) is 39.5 Å². The number of rotatable bonds is 4. The number of carboxylic acid groups (broad SMARTS) is 1. The molecule has 1 rings (SSSR count). The second-order valence-electron chi connectivity index (χ2n) is 5.64. The third-order valence-electron chi connectivity index (χ3n) is 3.89. The molecule has 0 aromatic heterocycles. The molecule has 2 N–H and O–H groups in total. The van der Waals surface area contributed by atoms with Gasteiger partial charge in [0.1, 0.15) is 4.75 Å². The zero-order chi connectivity index (χ0) is 14.8. The van der Waals surface area contributed by atoms with Gasteiger partial charge in [0, 0.05) is 12.3 Å². The smallest absolute Gasteiger partial charge is 0.306 e. The Kier molecular flexibility index (Phi) is 4.60. The Morgan fingerprint density at radius 3 is 2.00 bits per heavy atom. The van der Waals surface area contributed by atoms with Crippen molar-refractivity contribution < 1.29 is 23.1 Å². The third-order valence-corrected chi connectivity index (χ3v) is 5.92. The van der Waals surface area contributed by atoms with Crippen molar-refractivity contribution in [2.75, 3.05) is 6.26 Å². The molecule has 0 heterocycles. The first-order valence-corrected chi connectivity index (χ1v) is 8.18. The standard InChI is InChI=1S/C12H21NO5S/c1-12(2,19(3,17)18)11(16)13-9-6-4-8(5-7-9)10(14)15/h8-9H,4-7H2,1-3H3,(H,13,16)(H,14,15). The second-order valence-corrected chi connectivity index (χ2v) is 8.21. The highest BCUT2D eigenvalue weighted by molar-refractivity contribution is 7.92. The Hall–Kier alpha value is -1.11. The third kappa shape index (κ3) is 3.68. The van der Waals surface area contributed by atoms with Crippen LogP contribution in [-0.4, -0.2) is 42.4 Å². The van der Waals surface area contributed by atoms with Gasteiger partial charge in [-0.2, -0.15) is 0 Å².